The van der Waals surface area contributed by atoms with Crippen molar-refractivity contribution in [1.29, 1.82) is 0 Å². The zero-order chi connectivity index (χ0) is 18.3. The maximum atomic E-state index is 12.0. The number of hydrogen-bond donors (Lipinski definition) is 1. The van der Waals surface area contributed by atoms with E-state index in [-0.39, 0.29) is 10.9 Å². The number of rotatable bonds is 4. The van der Waals surface area contributed by atoms with E-state index in [0.717, 1.165) is 33.8 Å². The lowest BCUT2D eigenvalue weighted by molar-refractivity contribution is 0.0688. The van der Waals surface area contributed by atoms with E-state index in [0.29, 0.717) is 0 Å². The lowest BCUT2D eigenvalue weighted by Gasteiger charge is -2.25. The number of aromatic carboxylic acids is 1. The molecule has 2 heterocycles. The molecule has 0 spiro atoms. The molecule has 1 unspecified atom stereocenters. The minimum Gasteiger partial charge on any atom is -0.476 e. The van der Waals surface area contributed by atoms with E-state index in [9.17, 15) is 9.90 Å². The molecule has 1 aliphatic rings. The SMILES string of the molecule is CCC1Sc2ccccc2-c2c1c(C(=O)O)nn2-c1ccccc1SC. The smallest absolute Gasteiger partial charge is 0.356 e. The molecule has 0 radical (unpaired) electrons. The molecule has 1 N–H and O–H groups in total. The topological polar surface area (TPSA) is 55.1 Å². The molecule has 6 heteroatoms. The first-order chi connectivity index (χ1) is 12.7. The molecule has 0 bridgehead atoms. The Labute approximate surface area is 160 Å². The average Bonchev–Trinajstić information content (AvgIpc) is 3.08. The number of thioether (sulfide) groups is 2. The second-order valence-corrected chi connectivity index (χ2v) is 8.10. The Morgan fingerprint density at radius 2 is 1.96 bits per heavy atom. The Balaban J connectivity index is 2.08. The van der Waals surface area contributed by atoms with Gasteiger partial charge in [-0.1, -0.05) is 37.3 Å². The summed E-state index contributed by atoms with van der Waals surface area (Å²) < 4.78 is 1.83. The normalized spacial score (nSPS) is 15.4. The van der Waals surface area contributed by atoms with Gasteiger partial charge < -0.3 is 5.11 Å². The molecule has 3 aromatic rings. The summed E-state index contributed by atoms with van der Waals surface area (Å²) in [6, 6.07) is 16.2. The molecule has 1 aromatic heterocycles. The van der Waals surface area contributed by atoms with E-state index in [1.807, 2.05) is 47.3 Å². The summed E-state index contributed by atoms with van der Waals surface area (Å²) >= 11 is 3.36. The fourth-order valence-corrected chi connectivity index (χ4v) is 5.24. The van der Waals surface area contributed by atoms with Gasteiger partial charge in [0, 0.05) is 26.2 Å². The van der Waals surface area contributed by atoms with Crippen molar-refractivity contribution < 1.29 is 9.90 Å². The first-order valence-corrected chi connectivity index (χ1v) is 10.5. The van der Waals surface area contributed by atoms with Crippen LogP contribution in [0, 0.1) is 0 Å². The summed E-state index contributed by atoms with van der Waals surface area (Å²) in [5.41, 5.74) is 3.86. The summed E-state index contributed by atoms with van der Waals surface area (Å²) in [5.74, 6) is -0.972. The van der Waals surface area contributed by atoms with Crippen molar-refractivity contribution in [3.05, 3.63) is 59.8 Å². The molecular formula is C20H18N2O2S2. The molecule has 0 aliphatic carbocycles. The van der Waals surface area contributed by atoms with Crippen LogP contribution in [0.4, 0.5) is 0 Å². The molecule has 2 aromatic carbocycles. The van der Waals surface area contributed by atoms with Crippen molar-refractivity contribution in [1.82, 2.24) is 9.78 Å². The highest BCUT2D eigenvalue weighted by Crippen LogP contribution is 2.52. The van der Waals surface area contributed by atoms with Crippen molar-refractivity contribution in [2.75, 3.05) is 6.26 Å². The highest BCUT2D eigenvalue weighted by Gasteiger charge is 2.34. The maximum Gasteiger partial charge on any atom is 0.356 e. The molecule has 0 amide bonds. The molecule has 0 saturated carbocycles. The number of hydrogen-bond acceptors (Lipinski definition) is 4. The van der Waals surface area contributed by atoms with Gasteiger partial charge in [-0.3, -0.25) is 0 Å². The van der Waals surface area contributed by atoms with Gasteiger partial charge in [-0.05, 0) is 30.9 Å². The standard InChI is InChI=1S/C20H18N2O2S2/c1-3-14-17-18(20(23)24)21-22(13-9-5-7-11-16(13)25-2)19(17)12-8-4-6-10-15(12)26-14/h4-11,14H,3H2,1-2H3,(H,23,24). The highest BCUT2D eigenvalue weighted by atomic mass is 32.2. The third kappa shape index (κ3) is 2.64. The minimum atomic E-state index is -0.972. The molecular weight excluding hydrogens is 364 g/mol. The monoisotopic (exact) mass is 382 g/mol. The predicted octanol–water partition coefficient (Wildman–Crippen LogP) is 5.52. The van der Waals surface area contributed by atoms with Crippen LogP contribution >= 0.6 is 23.5 Å². The summed E-state index contributed by atoms with van der Waals surface area (Å²) in [7, 11) is 0. The zero-order valence-electron chi connectivity index (χ0n) is 14.5. The van der Waals surface area contributed by atoms with Crippen molar-refractivity contribution in [3.8, 4) is 16.9 Å². The second-order valence-electron chi connectivity index (χ2n) is 6.01. The van der Waals surface area contributed by atoms with Gasteiger partial charge >= 0.3 is 5.97 Å². The molecule has 4 nitrogen and oxygen atoms in total. The van der Waals surface area contributed by atoms with Crippen LogP contribution in [0.3, 0.4) is 0 Å². The number of carboxylic acids is 1. The van der Waals surface area contributed by atoms with Crippen molar-refractivity contribution in [3.63, 3.8) is 0 Å². The van der Waals surface area contributed by atoms with E-state index in [1.165, 1.54) is 4.90 Å². The fraction of sp³-hybridized carbons (Fsp3) is 0.200. The van der Waals surface area contributed by atoms with Gasteiger partial charge in [0.25, 0.3) is 0 Å². The third-order valence-corrected chi connectivity index (χ3v) is 6.79. The molecule has 1 aliphatic heterocycles. The molecule has 1 atom stereocenters. The van der Waals surface area contributed by atoms with Crippen LogP contribution in [-0.2, 0) is 0 Å². The van der Waals surface area contributed by atoms with Crippen LogP contribution in [-0.4, -0.2) is 27.1 Å². The van der Waals surface area contributed by atoms with Gasteiger partial charge in [0.05, 0.1) is 11.4 Å². The molecule has 0 saturated heterocycles. The Morgan fingerprint density at radius 3 is 2.69 bits per heavy atom. The van der Waals surface area contributed by atoms with E-state index in [1.54, 1.807) is 23.5 Å². The highest BCUT2D eigenvalue weighted by molar-refractivity contribution is 7.99. The molecule has 0 fully saturated rings. The van der Waals surface area contributed by atoms with Crippen molar-refractivity contribution in [2.45, 2.75) is 28.4 Å². The lowest BCUT2D eigenvalue weighted by Crippen LogP contribution is -2.08. The number of fused-ring (bicyclic) bond motifs is 3. The number of carbonyl (C=O) groups is 1. The van der Waals surface area contributed by atoms with Crippen molar-refractivity contribution >= 4 is 29.5 Å². The second kappa shape index (κ2) is 6.85. The first-order valence-electron chi connectivity index (χ1n) is 8.41. The summed E-state index contributed by atoms with van der Waals surface area (Å²) in [5, 5.41) is 14.4. The van der Waals surface area contributed by atoms with E-state index in [4.69, 9.17) is 0 Å². The zero-order valence-corrected chi connectivity index (χ0v) is 16.1. The number of benzene rings is 2. The quantitative estimate of drug-likeness (QED) is 0.603. The maximum absolute atomic E-state index is 12.0. The number of carboxylic acid groups (broad SMARTS) is 1. The number of aromatic nitrogens is 2. The van der Waals surface area contributed by atoms with Crippen LogP contribution in [0.15, 0.2) is 58.3 Å². The Kier molecular flexibility index (Phi) is 4.54. The predicted molar refractivity (Wildman–Crippen MR) is 107 cm³/mol. The Hall–Kier alpha value is -2.18. The number of para-hydroxylation sites is 1. The van der Waals surface area contributed by atoms with Gasteiger partial charge in [0.1, 0.15) is 0 Å². The van der Waals surface area contributed by atoms with E-state index in [2.05, 4.69) is 24.2 Å². The minimum absolute atomic E-state index is 0.0844. The van der Waals surface area contributed by atoms with E-state index < -0.39 is 5.97 Å². The Bertz CT molecular complexity index is 997. The Morgan fingerprint density at radius 1 is 1.23 bits per heavy atom. The van der Waals surface area contributed by atoms with Gasteiger partial charge in [-0.2, -0.15) is 5.10 Å². The number of nitrogens with zero attached hydrogens (tertiary/aromatic N) is 2. The van der Waals surface area contributed by atoms with Gasteiger partial charge in [0.2, 0.25) is 0 Å². The molecule has 132 valence electrons. The molecule has 26 heavy (non-hydrogen) atoms. The fourth-order valence-electron chi connectivity index (χ4n) is 3.40. The van der Waals surface area contributed by atoms with Gasteiger partial charge in [-0.15, -0.1) is 23.5 Å². The molecule has 4 rings (SSSR count). The summed E-state index contributed by atoms with van der Waals surface area (Å²) in [6.07, 6.45) is 2.87. The van der Waals surface area contributed by atoms with Crippen LogP contribution in [0.5, 0.6) is 0 Å². The largest absolute Gasteiger partial charge is 0.476 e. The lowest BCUT2D eigenvalue weighted by atomic mass is 10.00. The van der Waals surface area contributed by atoms with Gasteiger partial charge in [0.15, 0.2) is 5.69 Å². The van der Waals surface area contributed by atoms with Gasteiger partial charge in [-0.25, -0.2) is 9.48 Å². The van der Waals surface area contributed by atoms with Crippen molar-refractivity contribution in [2.24, 2.45) is 0 Å². The average molecular weight is 383 g/mol. The summed E-state index contributed by atoms with van der Waals surface area (Å²) in [6.45, 7) is 2.09. The summed E-state index contributed by atoms with van der Waals surface area (Å²) in [4.78, 5) is 14.2. The van der Waals surface area contributed by atoms with Crippen LogP contribution in [0.2, 0.25) is 0 Å². The third-order valence-electron chi connectivity index (χ3n) is 4.54. The first kappa shape index (κ1) is 17.2. The van der Waals surface area contributed by atoms with Crippen LogP contribution < -0.4 is 0 Å². The van der Waals surface area contributed by atoms with E-state index >= 15 is 0 Å². The van der Waals surface area contributed by atoms with Crippen LogP contribution in [0.1, 0.15) is 34.6 Å². The van der Waals surface area contributed by atoms with Crippen LogP contribution in [0.25, 0.3) is 16.9 Å².